The van der Waals surface area contributed by atoms with Crippen LogP contribution in [0.1, 0.15) is 15.9 Å². The average molecular weight is 506 g/mol. The summed E-state index contributed by atoms with van der Waals surface area (Å²) in [5.41, 5.74) is 1.37. The van der Waals surface area contributed by atoms with Gasteiger partial charge in [0.15, 0.2) is 5.78 Å². The number of carbonyl (C=O) groups is 1. The van der Waals surface area contributed by atoms with Crippen LogP contribution < -0.4 is 15.7 Å². The molecular weight excluding hydrogens is 477 g/mol. The Labute approximate surface area is 217 Å². The van der Waals surface area contributed by atoms with Crippen LogP contribution in [0.15, 0.2) is 133 Å². The van der Waals surface area contributed by atoms with E-state index < -0.39 is 25.2 Å². The molecule has 0 heterocycles. The third-order valence-electron chi connectivity index (χ3n) is 6.59. The molecule has 0 aliphatic heterocycles. The smallest absolute Gasteiger partial charge is 0.204 e. The molecule has 5 heteroatoms. The Balaban J connectivity index is 1.58. The normalized spacial score (nSPS) is 13.2. The molecule has 0 unspecified atom stereocenters. The van der Waals surface area contributed by atoms with Crippen molar-refractivity contribution in [3.05, 3.63) is 145 Å². The largest absolute Gasteiger partial charge is 0.383 e. The molecule has 5 aromatic rings. The summed E-state index contributed by atoms with van der Waals surface area (Å²) < 4.78 is 14.8. The highest BCUT2D eigenvalue weighted by Crippen LogP contribution is 2.40. The number of fused-ring (bicyclic) bond motifs is 1. The number of hydrogen-bond acceptors (Lipinski definition) is 3. The number of ketones is 1. The molecule has 4 nitrogen and oxygen atoms in total. The average Bonchev–Trinajstić information content (AvgIpc) is 2.97. The lowest BCUT2D eigenvalue weighted by Crippen LogP contribution is -2.47. The minimum atomic E-state index is -3.41. The zero-order valence-corrected chi connectivity index (χ0v) is 21.2. The van der Waals surface area contributed by atoms with Gasteiger partial charge in [-0.15, -0.1) is 0 Å². The van der Waals surface area contributed by atoms with E-state index in [4.69, 9.17) is 0 Å². The second-order valence-corrected chi connectivity index (χ2v) is 11.6. The van der Waals surface area contributed by atoms with Gasteiger partial charge in [-0.3, -0.25) is 14.4 Å². The van der Waals surface area contributed by atoms with Gasteiger partial charge in [-0.25, -0.2) is 0 Å². The topological polar surface area (TPSA) is 66.4 Å². The first kappa shape index (κ1) is 24.9. The standard InChI is InChI=1S/C32H28NO3P/c34-31(29-22-12-16-25-15-10-11-21-28(25)29)32(35)30(23-24-13-4-1-5-14-24)33-37(36,26-17-6-2-7-18-26)27-19-8-3-9-20-27/h1-22,30,32,35H,23H2,(H,33,36)/t30-,32-/m0/s1. The molecule has 0 saturated carbocycles. The molecule has 0 bridgehead atoms. The van der Waals surface area contributed by atoms with Crippen molar-refractivity contribution < 1.29 is 14.5 Å². The molecule has 2 N–H and O–H groups in total. The highest BCUT2D eigenvalue weighted by Gasteiger charge is 2.36. The zero-order valence-electron chi connectivity index (χ0n) is 20.3. The van der Waals surface area contributed by atoms with Gasteiger partial charge in [0.2, 0.25) is 7.29 Å². The van der Waals surface area contributed by atoms with Gasteiger partial charge in [-0.05, 0) is 47.0 Å². The van der Waals surface area contributed by atoms with Crippen molar-refractivity contribution in [2.45, 2.75) is 18.6 Å². The number of aliphatic hydroxyl groups excluding tert-OH is 1. The van der Waals surface area contributed by atoms with E-state index >= 15 is 0 Å². The highest BCUT2D eigenvalue weighted by atomic mass is 31.2. The van der Waals surface area contributed by atoms with Crippen LogP contribution in [-0.4, -0.2) is 23.0 Å². The van der Waals surface area contributed by atoms with Crippen LogP contribution in [0.2, 0.25) is 0 Å². The first-order valence-corrected chi connectivity index (χ1v) is 14.0. The summed E-state index contributed by atoms with van der Waals surface area (Å²) in [5, 5.41) is 17.8. The fourth-order valence-electron chi connectivity index (χ4n) is 4.69. The monoisotopic (exact) mass is 505 g/mol. The summed E-state index contributed by atoms with van der Waals surface area (Å²) in [5.74, 6) is -0.405. The molecule has 0 radical (unpaired) electrons. The number of Topliss-reactive ketones (excluding diaryl/α,β-unsaturated/α-hetero) is 1. The lowest BCUT2D eigenvalue weighted by molar-refractivity contribution is 0.0682. The molecule has 5 rings (SSSR count). The lowest BCUT2D eigenvalue weighted by atomic mass is 9.93. The quantitative estimate of drug-likeness (QED) is 0.205. The lowest BCUT2D eigenvalue weighted by Gasteiger charge is -2.30. The molecule has 0 saturated heterocycles. The van der Waals surface area contributed by atoms with E-state index in [1.165, 1.54) is 0 Å². The molecule has 0 aromatic heterocycles. The molecule has 0 amide bonds. The molecule has 37 heavy (non-hydrogen) atoms. The van der Waals surface area contributed by atoms with E-state index in [2.05, 4.69) is 5.09 Å². The zero-order chi connectivity index (χ0) is 25.7. The number of nitrogens with one attached hydrogen (secondary N) is 1. The van der Waals surface area contributed by atoms with Gasteiger partial charge >= 0.3 is 0 Å². The second kappa shape index (κ2) is 11.1. The molecule has 0 fully saturated rings. The Hall–Kier alpha value is -3.82. The molecular formula is C32H28NO3P. The minimum absolute atomic E-state index is 0.322. The van der Waals surface area contributed by atoms with E-state index in [1.807, 2.05) is 127 Å². The summed E-state index contributed by atoms with van der Waals surface area (Å²) in [7, 11) is -3.41. The van der Waals surface area contributed by atoms with Crippen LogP contribution in [0.4, 0.5) is 0 Å². The molecule has 0 aliphatic carbocycles. The Kier molecular flexibility index (Phi) is 7.43. The van der Waals surface area contributed by atoms with Crippen LogP contribution in [0.25, 0.3) is 10.8 Å². The highest BCUT2D eigenvalue weighted by molar-refractivity contribution is 7.76. The molecule has 184 valence electrons. The van der Waals surface area contributed by atoms with Gasteiger partial charge in [0.1, 0.15) is 6.10 Å². The molecule has 0 spiro atoms. The van der Waals surface area contributed by atoms with Gasteiger partial charge < -0.3 is 5.11 Å². The Morgan fingerprint density at radius 2 is 1.19 bits per heavy atom. The maximum absolute atomic E-state index is 14.8. The van der Waals surface area contributed by atoms with Crippen molar-refractivity contribution >= 4 is 34.5 Å². The van der Waals surface area contributed by atoms with E-state index in [0.29, 0.717) is 22.6 Å². The number of hydrogen-bond donors (Lipinski definition) is 2. The molecule has 5 aromatic carbocycles. The number of benzene rings is 5. The summed E-state index contributed by atoms with van der Waals surface area (Å²) in [6.07, 6.45) is -1.10. The van der Waals surface area contributed by atoms with Crippen LogP contribution in [0.3, 0.4) is 0 Å². The maximum atomic E-state index is 14.8. The van der Waals surface area contributed by atoms with E-state index in [9.17, 15) is 14.5 Å². The summed E-state index contributed by atoms with van der Waals surface area (Å²) in [4.78, 5) is 13.8. The van der Waals surface area contributed by atoms with Crippen molar-refractivity contribution in [3.63, 3.8) is 0 Å². The summed E-state index contributed by atoms with van der Waals surface area (Å²) in [6, 6.07) is 40.4. The first-order chi connectivity index (χ1) is 18.1. The third-order valence-corrected chi connectivity index (χ3v) is 9.34. The van der Waals surface area contributed by atoms with Crippen LogP contribution >= 0.6 is 7.29 Å². The van der Waals surface area contributed by atoms with Crippen LogP contribution in [0, 0.1) is 0 Å². The Morgan fingerprint density at radius 3 is 1.81 bits per heavy atom. The van der Waals surface area contributed by atoms with E-state index in [0.717, 1.165) is 16.3 Å². The van der Waals surface area contributed by atoms with Crippen molar-refractivity contribution in [2.75, 3.05) is 0 Å². The van der Waals surface area contributed by atoms with Gasteiger partial charge in [0.05, 0.1) is 6.04 Å². The minimum Gasteiger partial charge on any atom is -0.383 e. The van der Waals surface area contributed by atoms with Gasteiger partial charge in [-0.2, -0.15) is 0 Å². The Bertz CT molecular complexity index is 1490. The van der Waals surface area contributed by atoms with Gasteiger partial charge in [-0.1, -0.05) is 109 Å². The molecule has 0 aliphatic rings. The fraction of sp³-hybridized carbons (Fsp3) is 0.0938. The SMILES string of the molecule is O=C(c1cccc2ccccc12)[C@@H](O)[C@H](Cc1ccccc1)NP(=O)(c1ccccc1)c1ccccc1. The summed E-state index contributed by atoms with van der Waals surface area (Å²) in [6.45, 7) is 0. The fourth-order valence-corrected chi connectivity index (χ4v) is 7.17. The first-order valence-electron chi connectivity index (χ1n) is 12.3. The maximum Gasteiger partial charge on any atom is 0.204 e. The van der Waals surface area contributed by atoms with Crippen molar-refractivity contribution in [2.24, 2.45) is 0 Å². The van der Waals surface area contributed by atoms with Crippen LogP contribution in [-0.2, 0) is 11.0 Å². The van der Waals surface area contributed by atoms with Gasteiger partial charge in [0.25, 0.3) is 0 Å². The predicted octanol–water partition coefficient (Wildman–Crippen LogP) is 5.51. The van der Waals surface area contributed by atoms with Crippen molar-refractivity contribution in [1.29, 1.82) is 0 Å². The number of rotatable bonds is 9. The number of aliphatic hydroxyl groups is 1. The van der Waals surface area contributed by atoms with Crippen molar-refractivity contribution in [1.82, 2.24) is 5.09 Å². The van der Waals surface area contributed by atoms with E-state index in [1.54, 1.807) is 6.07 Å². The number of carbonyl (C=O) groups excluding carboxylic acids is 1. The van der Waals surface area contributed by atoms with Crippen molar-refractivity contribution in [3.8, 4) is 0 Å². The van der Waals surface area contributed by atoms with E-state index in [-0.39, 0.29) is 0 Å². The predicted molar refractivity (Wildman–Crippen MR) is 151 cm³/mol. The third kappa shape index (κ3) is 5.33. The van der Waals surface area contributed by atoms with Gasteiger partial charge in [0, 0.05) is 16.2 Å². The van der Waals surface area contributed by atoms with Crippen LogP contribution in [0.5, 0.6) is 0 Å². The molecule has 2 atom stereocenters. The Morgan fingerprint density at radius 1 is 0.676 bits per heavy atom. The second-order valence-electron chi connectivity index (χ2n) is 9.04. The summed E-state index contributed by atoms with van der Waals surface area (Å²) >= 11 is 0.